The van der Waals surface area contributed by atoms with Crippen LogP contribution in [0.5, 0.6) is 5.88 Å². The van der Waals surface area contributed by atoms with Crippen molar-refractivity contribution in [2.45, 2.75) is 17.6 Å². The molecule has 4 aromatic rings. The van der Waals surface area contributed by atoms with E-state index in [1.807, 2.05) is 12.1 Å². The van der Waals surface area contributed by atoms with Crippen LogP contribution in [0.3, 0.4) is 0 Å². The van der Waals surface area contributed by atoms with E-state index in [1.54, 1.807) is 24.2 Å². The van der Waals surface area contributed by atoms with Crippen LogP contribution in [-0.4, -0.2) is 43.4 Å². The van der Waals surface area contributed by atoms with E-state index in [9.17, 15) is 26.4 Å². The summed E-state index contributed by atoms with van der Waals surface area (Å²) in [6, 6.07) is 10.8. The molecule has 14 heteroatoms. The van der Waals surface area contributed by atoms with Gasteiger partial charge in [0.15, 0.2) is 5.88 Å². The molecule has 1 aliphatic heterocycles. The first-order valence-electron chi connectivity index (χ1n) is 11.0. The van der Waals surface area contributed by atoms with Crippen molar-refractivity contribution in [3.8, 4) is 26.8 Å². The molecule has 0 N–H and O–H groups in total. The zero-order valence-corrected chi connectivity index (χ0v) is 24.5. The quantitative estimate of drug-likeness (QED) is 0.324. The molecule has 0 saturated heterocycles. The number of hydrogen-bond acceptors (Lipinski definition) is 7. The molecule has 39 heavy (non-hydrogen) atoms. The number of amides is 1. The summed E-state index contributed by atoms with van der Waals surface area (Å²) in [4.78, 5) is 22.7. The topological polar surface area (TPSA) is 104 Å². The first-order valence-corrected chi connectivity index (χ1v) is 13.3. The van der Waals surface area contributed by atoms with Gasteiger partial charge < -0.3 is 14.4 Å². The van der Waals surface area contributed by atoms with Crippen molar-refractivity contribution in [2.75, 3.05) is 14.2 Å². The van der Waals surface area contributed by atoms with Crippen molar-refractivity contribution < 1.29 is 60.7 Å². The summed E-state index contributed by atoms with van der Waals surface area (Å²) in [7, 11) is -1.81. The van der Waals surface area contributed by atoms with Gasteiger partial charge in [0.05, 0.1) is 17.6 Å². The molecule has 0 bridgehead atoms. The molecule has 0 saturated carbocycles. The minimum atomic E-state index is -4.88. The number of nitrogens with zero attached hydrogens (tertiary/aromatic N) is 4. The molecule has 8 nitrogen and oxygen atoms in total. The maximum absolute atomic E-state index is 13.4. The van der Waals surface area contributed by atoms with Gasteiger partial charge in [-0.05, 0) is 30.3 Å². The molecule has 5 rings (SSSR count). The number of sulfonamides is 1. The van der Waals surface area contributed by atoms with Crippen LogP contribution >= 0.6 is 11.3 Å². The van der Waals surface area contributed by atoms with Crippen molar-refractivity contribution in [2.24, 2.45) is 0 Å². The Morgan fingerprint density at radius 1 is 1.03 bits per heavy atom. The van der Waals surface area contributed by atoms with E-state index in [0.717, 1.165) is 28.1 Å². The molecular weight excluding hydrogens is 564 g/mol. The molecule has 0 unspecified atom stereocenters. The monoisotopic (exact) mass is 582 g/mol. The average molecular weight is 583 g/mol. The number of benzene rings is 1. The number of carbonyl (C=O) groups excluding carboxylic acids is 1. The smallest absolute Gasteiger partial charge is 0.568 e. The number of aromatic nitrogens is 2. The molecular formula is C25H18F3N4NaO4S2. The standard InChI is InChI=1S/C25H18F3N4O4S2.Na/c1-32-13-16-9-14(11-29-22(16)24(32)33)19-7-8-20(37-19)15-10-18(23(36-2)30-12-15)31-38(34,35)21-6-4-3-5-17(21)25(26,27)28;/h3-12H,13H2,1-2H3;/q-1;+1. The van der Waals surface area contributed by atoms with Crippen LogP contribution in [0.25, 0.3) is 25.6 Å². The van der Waals surface area contributed by atoms with E-state index in [-0.39, 0.29) is 47.0 Å². The van der Waals surface area contributed by atoms with E-state index >= 15 is 0 Å². The molecule has 0 atom stereocenters. The number of pyridine rings is 2. The van der Waals surface area contributed by atoms with E-state index in [4.69, 9.17) is 4.74 Å². The number of thiophene rings is 1. The largest absolute Gasteiger partial charge is 1.00 e. The first kappa shape index (κ1) is 29.0. The Morgan fingerprint density at radius 3 is 2.33 bits per heavy atom. The third-order valence-corrected chi connectivity index (χ3v) is 8.35. The van der Waals surface area contributed by atoms with E-state index < -0.39 is 26.7 Å². The third-order valence-electron chi connectivity index (χ3n) is 5.81. The summed E-state index contributed by atoms with van der Waals surface area (Å²) < 4.78 is 74.9. The predicted octanol–water partition coefficient (Wildman–Crippen LogP) is 2.88. The number of alkyl halides is 3. The van der Waals surface area contributed by atoms with E-state index in [0.29, 0.717) is 28.7 Å². The minimum Gasteiger partial charge on any atom is -0.568 e. The van der Waals surface area contributed by atoms with Crippen molar-refractivity contribution in [1.82, 2.24) is 14.9 Å². The summed E-state index contributed by atoms with van der Waals surface area (Å²) in [5.74, 6) is -0.290. The van der Waals surface area contributed by atoms with Gasteiger partial charge in [-0.15, -0.1) is 11.3 Å². The second kappa shape index (κ2) is 10.9. The molecule has 1 amide bonds. The molecule has 1 aromatic carbocycles. The van der Waals surface area contributed by atoms with Gasteiger partial charge in [-0.2, -0.15) is 13.2 Å². The summed E-state index contributed by atoms with van der Waals surface area (Å²) >= 11 is 1.37. The number of ether oxygens (including phenoxy) is 1. The molecule has 0 radical (unpaired) electrons. The zero-order chi connectivity index (χ0) is 27.2. The Kier molecular flexibility index (Phi) is 8.11. The Morgan fingerprint density at radius 2 is 1.67 bits per heavy atom. The maximum Gasteiger partial charge on any atom is 1.00 e. The Labute approximate surface area is 248 Å². The van der Waals surface area contributed by atoms with Crippen LogP contribution in [0, 0.1) is 0 Å². The van der Waals surface area contributed by atoms with Gasteiger partial charge in [-0.3, -0.25) is 9.78 Å². The van der Waals surface area contributed by atoms with Crippen molar-refractivity contribution in [3.63, 3.8) is 0 Å². The van der Waals surface area contributed by atoms with Crippen molar-refractivity contribution >= 4 is 33.0 Å². The van der Waals surface area contributed by atoms with Crippen molar-refractivity contribution in [3.05, 3.63) is 82.5 Å². The zero-order valence-electron chi connectivity index (χ0n) is 20.9. The second-order valence-corrected chi connectivity index (χ2v) is 11.0. The van der Waals surface area contributed by atoms with Crippen LogP contribution < -0.4 is 34.3 Å². The Bertz CT molecular complexity index is 1680. The number of rotatable bonds is 6. The molecule has 4 heterocycles. The fourth-order valence-electron chi connectivity index (χ4n) is 4.02. The number of carbonyl (C=O) groups is 1. The van der Waals surface area contributed by atoms with Crippen LogP contribution in [0.15, 0.2) is 65.8 Å². The van der Waals surface area contributed by atoms with Gasteiger partial charge in [0.1, 0.15) is 15.7 Å². The number of methoxy groups -OCH3 is 1. The molecule has 0 fully saturated rings. The maximum atomic E-state index is 13.4. The molecule has 0 aliphatic carbocycles. The van der Waals surface area contributed by atoms with Gasteiger partial charge in [0.25, 0.3) is 5.91 Å². The Hall–Kier alpha value is -2.97. The molecule has 3 aromatic heterocycles. The third kappa shape index (κ3) is 5.68. The summed E-state index contributed by atoms with van der Waals surface area (Å²) in [5.41, 5.74) is 0.988. The van der Waals surface area contributed by atoms with Crippen LogP contribution in [-0.2, 0) is 22.7 Å². The van der Waals surface area contributed by atoms with Gasteiger partial charge in [-0.25, -0.2) is 13.4 Å². The Balaban J connectivity index is 0.00000353. The second-order valence-electron chi connectivity index (χ2n) is 8.37. The van der Waals surface area contributed by atoms with Gasteiger partial charge in [0, 0.05) is 52.4 Å². The van der Waals surface area contributed by atoms with E-state index in [2.05, 4.69) is 14.7 Å². The predicted molar refractivity (Wildman–Crippen MR) is 135 cm³/mol. The number of halogens is 3. The van der Waals surface area contributed by atoms with Gasteiger partial charge in [0.2, 0.25) is 0 Å². The SMILES string of the molecule is COc1ncc(-c2ccc(-c3cnc4c(c3)CN(C)C4=O)s2)cc1[N-]S(=O)(=O)c1ccccc1C(F)(F)F.[Na+]. The van der Waals surface area contributed by atoms with Crippen LogP contribution in [0.1, 0.15) is 21.6 Å². The number of hydrogen-bond donors (Lipinski definition) is 0. The molecule has 1 aliphatic rings. The summed E-state index contributed by atoms with van der Waals surface area (Å²) in [6.07, 6.45) is -1.81. The van der Waals surface area contributed by atoms with Crippen LogP contribution in [0.2, 0.25) is 0 Å². The van der Waals surface area contributed by atoms with Crippen LogP contribution in [0.4, 0.5) is 18.9 Å². The normalized spacial score (nSPS) is 13.2. The summed E-state index contributed by atoms with van der Waals surface area (Å²) in [6.45, 7) is 0.465. The molecule has 0 spiro atoms. The summed E-state index contributed by atoms with van der Waals surface area (Å²) in [5, 5.41) is 0. The first-order chi connectivity index (χ1) is 18.0. The van der Waals surface area contributed by atoms with Gasteiger partial charge >= 0.3 is 35.7 Å². The molecule has 196 valence electrons. The number of fused-ring (bicyclic) bond motifs is 1. The average Bonchev–Trinajstić information content (AvgIpc) is 3.48. The van der Waals surface area contributed by atoms with Crippen molar-refractivity contribution in [1.29, 1.82) is 0 Å². The fourth-order valence-corrected chi connectivity index (χ4v) is 6.19. The fraction of sp³-hybridized carbons (Fsp3) is 0.160. The van der Waals surface area contributed by atoms with E-state index in [1.165, 1.54) is 36.8 Å². The van der Waals surface area contributed by atoms with Gasteiger partial charge in [-0.1, -0.05) is 23.9 Å². The minimum absolute atomic E-state index is 0.